The molecule has 4 aliphatic rings. The first-order valence-corrected chi connectivity index (χ1v) is 24.9. The minimum Gasteiger partial charge on any atom is -0.344 e. The van der Waals surface area contributed by atoms with E-state index in [-0.39, 0.29) is 46.1 Å². The van der Waals surface area contributed by atoms with Crippen LogP contribution in [0.2, 0.25) is 0 Å². The summed E-state index contributed by atoms with van der Waals surface area (Å²) in [5, 5.41) is 0. The Morgan fingerprint density at radius 2 is 1.47 bits per heavy atom. The third-order valence-electron chi connectivity index (χ3n) is 11.6. The van der Waals surface area contributed by atoms with E-state index in [0.717, 1.165) is 53.1 Å². The molecule has 1 aromatic rings. The first-order valence-electron chi connectivity index (χ1n) is 18.8. The van der Waals surface area contributed by atoms with E-state index in [2.05, 4.69) is 16.7 Å². The summed E-state index contributed by atoms with van der Waals surface area (Å²) >= 11 is 0. The molecular formula is C39H53N2O12S4+. The lowest BCUT2D eigenvalue weighted by atomic mass is 9.73. The number of hydrogen-bond acceptors (Lipinski definition) is 9. The van der Waals surface area contributed by atoms with Gasteiger partial charge in [-0.05, 0) is 118 Å². The topological polar surface area (TPSA) is 224 Å². The van der Waals surface area contributed by atoms with Gasteiger partial charge in [-0.2, -0.15) is 33.7 Å². The van der Waals surface area contributed by atoms with Crippen molar-refractivity contribution in [2.45, 2.75) is 95.9 Å². The molecule has 2 aliphatic heterocycles. The highest BCUT2D eigenvalue weighted by atomic mass is 32.2. The Kier molecular flexibility index (Phi) is 12.9. The second kappa shape index (κ2) is 16.4. The molecule has 4 N–H and O–H groups in total. The number of unbranched alkanes of at least 4 members (excludes halogenated alkanes) is 2. The lowest BCUT2D eigenvalue weighted by molar-refractivity contribution is -0.550. The normalized spacial score (nSPS) is 23.9. The van der Waals surface area contributed by atoms with E-state index < -0.39 is 51.3 Å². The molecule has 2 atom stereocenters. The maximum atomic E-state index is 12.1. The van der Waals surface area contributed by atoms with Crippen molar-refractivity contribution in [2.75, 3.05) is 29.5 Å². The lowest BCUT2D eigenvalue weighted by Gasteiger charge is -2.27. The summed E-state index contributed by atoms with van der Waals surface area (Å²) < 4.78 is 134. The Balaban J connectivity index is 1.50. The largest absolute Gasteiger partial charge is 0.344 e. The van der Waals surface area contributed by atoms with E-state index in [1.807, 2.05) is 51.7 Å². The number of fused-ring (bicyclic) bond motifs is 2. The monoisotopic (exact) mass is 869 g/mol. The van der Waals surface area contributed by atoms with Gasteiger partial charge in [0.25, 0.3) is 40.5 Å². The molecule has 5 rings (SSSR count). The number of allylic oxidation sites excluding steroid dienone is 9. The van der Waals surface area contributed by atoms with Gasteiger partial charge in [0.15, 0.2) is 11.8 Å². The second-order valence-corrected chi connectivity index (χ2v) is 22.2. The highest BCUT2D eigenvalue weighted by Gasteiger charge is 2.53. The first-order chi connectivity index (χ1) is 26.2. The van der Waals surface area contributed by atoms with Gasteiger partial charge >= 0.3 is 0 Å². The number of anilines is 1. The molecule has 18 heteroatoms. The zero-order valence-corrected chi connectivity index (χ0v) is 36.1. The van der Waals surface area contributed by atoms with Crippen molar-refractivity contribution in [3.8, 4) is 0 Å². The molecule has 57 heavy (non-hydrogen) atoms. The third-order valence-corrected chi connectivity index (χ3v) is 14.9. The molecule has 0 saturated carbocycles. The molecule has 1 aromatic carbocycles. The van der Waals surface area contributed by atoms with Gasteiger partial charge in [-0.3, -0.25) is 18.2 Å². The van der Waals surface area contributed by atoms with Gasteiger partial charge in [0.2, 0.25) is 0 Å². The van der Waals surface area contributed by atoms with E-state index in [9.17, 15) is 51.9 Å². The van der Waals surface area contributed by atoms with Gasteiger partial charge in [0.1, 0.15) is 6.54 Å². The number of benzene rings is 1. The lowest BCUT2D eigenvalue weighted by Crippen LogP contribution is -2.32. The van der Waals surface area contributed by atoms with Crippen LogP contribution in [0.3, 0.4) is 0 Å². The van der Waals surface area contributed by atoms with Crippen LogP contribution in [0.25, 0.3) is 0 Å². The summed E-state index contributed by atoms with van der Waals surface area (Å²) in [5.41, 5.74) is 5.14. The summed E-state index contributed by atoms with van der Waals surface area (Å²) in [6.45, 7) is 10.8. The standard InChI is InChI=1S/C39H52N2O12S4/c1-27-28(13-19-36-38(2,3)32-25-30(56(48,49)50)15-17-34(32)40(36)21-6-8-23-54(42,43)44)11-10-12-29(27)14-20-37-39(4,5)33-26-31(57(51,52)53)16-18-35(33)41(37)22-7-9-24-55(45,46)47/h13-20,25-26,32,34H,6-12,21-24H2,1-5H3,(H3-,42,43,44,45,46,47,48,49,50,51,52,53)/p+1. The van der Waals surface area contributed by atoms with Crippen molar-refractivity contribution < 1.29 is 56.5 Å². The van der Waals surface area contributed by atoms with Gasteiger partial charge in [-0.15, -0.1) is 0 Å². The molecule has 0 radical (unpaired) electrons. The van der Waals surface area contributed by atoms with Crippen LogP contribution in [0.5, 0.6) is 0 Å². The van der Waals surface area contributed by atoms with Gasteiger partial charge in [0, 0.05) is 35.8 Å². The SMILES string of the molecule is CC1=C(/C=C/C2=[N+](CCCCS(=O)(=O)O)C3C=CC(S(=O)(=O)O)=CC3C2(C)C)CCC/C1=C\C=C1\N(CCCCS(=O)(=O)O)c2ccc(S(=O)(=O)O)cc2C1(C)C. The first kappa shape index (κ1) is 44.9. The second-order valence-electron chi connectivity index (χ2n) is 16.2. The number of hydrogen-bond donors (Lipinski definition) is 4. The Morgan fingerprint density at radius 3 is 2.09 bits per heavy atom. The summed E-state index contributed by atoms with van der Waals surface area (Å²) in [5.74, 6) is -1.07. The predicted octanol–water partition coefficient (Wildman–Crippen LogP) is 6.05. The van der Waals surface area contributed by atoms with Gasteiger partial charge in [-0.1, -0.05) is 32.1 Å². The van der Waals surface area contributed by atoms with Crippen molar-refractivity contribution in [1.82, 2.24) is 0 Å². The fourth-order valence-electron chi connectivity index (χ4n) is 8.53. The smallest absolute Gasteiger partial charge is 0.294 e. The van der Waals surface area contributed by atoms with Crippen LogP contribution in [-0.2, 0) is 45.9 Å². The van der Waals surface area contributed by atoms with Crippen molar-refractivity contribution in [1.29, 1.82) is 0 Å². The Bertz CT molecular complexity index is 2470. The Morgan fingerprint density at radius 1 is 0.825 bits per heavy atom. The number of rotatable bonds is 15. The maximum Gasteiger partial charge on any atom is 0.294 e. The van der Waals surface area contributed by atoms with Crippen LogP contribution < -0.4 is 4.90 Å². The van der Waals surface area contributed by atoms with Crippen molar-refractivity contribution in [2.24, 2.45) is 11.3 Å². The van der Waals surface area contributed by atoms with Crippen molar-refractivity contribution >= 4 is 51.9 Å². The molecule has 2 aliphatic carbocycles. The van der Waals surface area contributed by atoms with Gasteiger partial charge in [-0.25, -0.2) is 4.58 Å². The maximum absolute atomic E-state index is 12.1. The van der Waals surface area contributed by atoms with E-state index in [1.54, 1.807) is 18.2 Å². The summed E-state index contributed by atoms with van der Waals surface area (Å²) in [6, 6.07) is 4.19. The van der Waals surface area contributed by atoms with Crippen LogP contribution in [0.15, 0.2) is 92.9 Å². The quantitative estimate of drug-likeness (QED) is 0.0896. The van der Waals surface area contributed by atoms with Gasteiger partial charge < -0.3 is 4.90 Å². The highest BCUT2D eigenvalue weighted by Crippen LogP contribution is 2.49. The Labute approximate surface area is 337 Å². The molecule has 0 bridgehead atoms. The molecule has 0 fully saturated rings. The van der Waals surface area contributed by atoms with E-state index in [1.165, 1.54) is 18.2 Å². The fraction of sp³-hybridized carbons (Fsp3) is 0.513. The molecule has 0 spiro atoms. The highest BCUT2D eigenvalue weighted by molar-refractivity contribution is 7.90. The van der Waals surface area contributed by atoms with E-state index in [0.29, 0.717) is 31.5 Å². The van der Waals surface area contributed by atoms with Crippen LogP contribution in [0.4, 0.5) is 5.69 Å². The average Bonchev–Trinajstić information content (AvgIpc) is 3.43. The Hall–Kier alpha value is -3.23. The van der Waals surface area contributed by atoms with E-state index in [4.69, 9.17) is 0 Å². The van der Waals surface area contributed by atoms with Crippen LogP contribution >= 0.6 is 0 Å². The minimum atomic E-state index is -4.47. The van der Waals surface area contributed by atoms with Crippen LogP contribution in [0.1, 0.15) is 85.1 Å². The average molecular weight is 870 g/mol. The molecule has 0 saturated heterocycles. The van der Waals surface area contributed by atoms with Gasteiger partial charge in [0.05, 0.1) is 32.6 Å². The molecule has 2 heterocycles. The fourth-order valence-corrected chi connectivity index (χ4v) is 10.7. The minimum absolute atomic E-state index is 0.174. The van der Waals surface area contributed by atoms with Crippen LogP contribution in [0, 0.1) is 11.3 Å². The molecular weight excluding hydrogens is 817 g/mol. The molecule has 314 valence electrons. The molecule has 14 nitrogen and oxygen atoms in total. The van der Waals surface area contributed by atoms with Crippen LogP contribution in [-0.4, -0.2) is 92.8 Å². The zero-order chi connectivity index (χ0) is 42.4. The van der Waals surface area contributed by atoms with Crippen molar-refractivity contribution in [3.63, 3.8) is 0 Å². The predicted molar refractivity (Wildman–Crippen MR) is 220 cm³/mol. The summed E-state index contributed by atoms with van der Waals surface area (Å²) in [7, 11) is -17.2. The zero-order valence-electron chi connectivity index (χ0n) is 32.8. The summed E-state index contributed by atoms with van der Waals surface area (Å²) in [6.07, 6.45) is 16.7. The van der Waals surface area contributed by atoms with E-state index >= 15 is 0 Å². The molecule has 0 aromatic heterocycles. The number of nitrogens with zero attached hydrogens (tertiary/aromatic N) is 2. The van der Waals surface area contributed by atoms with Crippen molar-refractivity contribution in [3.05, 3.63) is 93.6 Å². The third kappa shape index (κ3) is 10.3. The molecule has 0 amide bonds. The molecule has 2 unspecified atom stereocenters. The summed E-state index contributed by atoms with van der Waals surface area (Å²) in [4.78, 5) is 1.62.